The molecule has 0 saturated heterocycles. The first-order valence-corrected chi connectivity index (χ1v) is 7.77. The maximum Gasteiger partial charge on any atom is 0.167 e. The summed E-state index contributed by atoms with van der Waals surface area (Å²) < 4.78 is 0. The number of thiocarbonyl (C=S) groups is 1. The van der Waals surface area contributed by atoms with Gasteiger partial charge in [0.25, 0.3) is 0 Å². The first kappa shape index (κ1) is 12.6. The zero-order valence-corrected chi connectivity index (χ0v) is 12.1. The van der Waals surface area contributed by atoms with Crippen LogP contribution in [0.4, 0.5) is 0 Å². The average Bonchev–Trinajstić information content (AvgIpc) is 3.08. The second kappa shape index (κ2) is 5.72. The first-order valence-electron chi connectivity index (χ1n) is 6.48. The quantitative estimate of drug-likeness (QED) is 0.843. The molecule has 1 aliphatic carbocycles. The molecule has 19 heavy (non-hydrogen) atoms. The van der Waals surface area contributed by atoms with Gasteiger partial charge in [0.15, 0.2) is 5.11 Å². The Bertz CT molecular complexity index is 533. The average molecular weight is 288 g/mol. The van der Waals surface area contributed by atoms with Crippen LogP contribution in [0.1, 0.15) is 29.3 Å². The summed E-state index contributed by atoms with van der Waals surface area (Å²) in [5.41, 5.74) is 1.24. The minimum Gasteiger partial charge on any atom is -0.360 e. The van der Waals surface area contributed by atoms with Crippen molar-refractivity contribution < 1.29 is 0 Å². The minimum absolute atomic E-state index is 0.139. The summed E-state index contributed by atoms with van der Waals surface area (Å²) in [6.45, 7) is 0. The molecule has 1 aromatic heterocycles. The first-order chi connectivity index (χ1) is 9.33. The van der Waals surface area contributed by atoms with Crippen molar-refractivity contribution in [2.75, 3.05) is 0 Å². The summed E-state index contributed by atoms with van der Waals surface area (Å²) in [4.78, 5) is 1.28. The fourth-order valence-electron chi connectivity index (χ4n) is 2.01. The largest absolute Gasteiger partial charge is 0.360 e. The molecule has 0 amide bonds. The fraction of sp³-hybridized carbons (Fsp3) is 0.267. The van der Waals surface area contributed by atoms with E-state index >= 15 is 0 Å². The van der Waals surface area contributed by atoms with Crippen molar-refractivity contribution in [1.29, 1.82) is 0 Å². The van der Waals surface area contributed by atoms with Gasteiger partial charge >= 0.3 is 0 Å². The van der Waals surface area contributed by atoms with Crippen molar-refractivity contribution >= 4 is 28.7 Å². The van der Waals surface area contributed by atoms with Crippen molar-refractivity contribution in [2.24, 2.45) is 0 Å². The molecule has 2 aromatic rings. The molecule has 98 valence electrons. The molecular weight excluding hydrogens is 272 g/mol. The zero-order chi connectivity index (χ0) is 13.1. The number of nitrogens with one attached hydrogen (secondary N) is 2. The van der Waals surface area contributed by atoms with E-state index in [0.717, 1.165) is 5.11 Å². The topological polar surface area (TPSA) is 24.1 Å². The Hall–Kier alpha value is -1.39. The van der Waals surface area contributed by atoms with Gasteiger partial charge in [-0.1, -0.05) is 36.4 Å². The fourth-order valence-corrected chi connectivity index (χ4v) is 3.09. The molecule has 1 heterocycles. The van der Waals surface area contributed by atoms with E-state index < -0.39 is 0 Å². The van der Waals surface area contributed by atoms with E-state index in [2.05, 4.69) is 52.4 Å². The van der Waals surface area contributed by atoms with Crippen LogP contribution in [-0.4, -0.2) is 11.2 Å². The van der Waals surface area contributed by atoms with Crippen LogP contribution in [0, 0.1) is 0 Å². The highest BCUT2D eigenvalue weighted by molar-refractivity contribution is 7.80. The Labute approximate surface area is 122 Å². The van der Waals surface area contributed by atoms with Gasteiger partial charge in [0.2, 0.25) is 0 Å². The standard InChI is InChI=1S/C15H16N2S2/c18-15(16-12-8-9-12)17-14(13-7-4-10-19-13)11-5-2-1-3-6-11/h1-7,10,12,14H,8-9H2,(H2,16,17,18)/t14-/m1/s1. The highest BCUT2D eigenvalue weighted by atomic mass is 32.1. The van der Waals surface area contributed by atoms with Gasteiger partial charge in [0, 0.05) is 10.9 Å². The van der Waals surface area contributed by atoms with Crippen LogP contribution in [0.15, 0.2) is 47.8 Å². The molecule has 1 aliphatic rings. The molecule has 0 bridgehead atoms. The second-order valence-corrected chi connectivity index (χ2v) is 6.14. The van der Waals surface area contributed by atoms with E-state index in [1.807, 2.05) is 6.07 Å². The van der Waals surface area contributed by atoms with Gasteiger partial charge in [0.05, 0.1) is 6.04 Å². The number of rotatable bonds is 4. The van der Waals surface area contributed by atoms with Crippen LogP contribution in [0.2, 0.25) is 0 Å². The van der Waals surface area contributed by atoms with E-state index in [4.69, 9.17) is 12.2 Å². The molecule has 0 unspecified atom stereocenters. The maximum atomic E-state index is 5.40. The van der Waals surface area contributed by atoms with Crippen LogP contribution in [0.5, 0.6) is 0 Å². The number of hydrogen-bond donors (Lipinski definition) is 2. The third-order valence-electron chi connectivity index (χ3n) is 3.15. The monoisotopic (exact) mass is 288 g/mol. The Morgan fingerprint density at radius 1 is 1.16 bits per heavy atom. The minimum atomic E-state index is 0.139. The number of thiophene rings is 1. The molecule has 1 saturated carbocycles. The summed E-state index contributed by atoms with van der Waals surface area (Å²) in [5.74, 6) is 0. The van der Waals surface area contributed by atoms with Crippen molar-refractivity contribution in [3.63, 3.8) is 0 Å². The van der Waals surface area contributed by atoms with Gasteiger partial charge < -0.3 is 10.6 Å². The highest BCUT2D eigenvalue weighted by Gasteiger charge is 2.23. The summed E-state index contributed by atoms with van der Waals surface area (Å²) in [6, 6.07) is 15.4. The van der Waals surface area contributed by atoms with E-state index in [9.17, 15) is 0 Å². The second-order valence-electron chi connectivity index (χ2n) is 4.75. The number of benzene rings is 1. The molecule has 0 spiro atoms. The van der Waals surface area contributed by atoms with E-state index in [1.54, 1.807) is 11.3 Å². The van der Waals surface area contributed by atoms with Gasteiger partial charge in [-0.15, -0.1) is 11.3 Å². The SMILES string of the molecule is S=C(NC1CC1)N[C@H](c1ccccc1)c1cccs1. The Morgan fingerprint density at radius 3 is 2.58 bits per heavy atom. The van der Waals surface area contributed by atoms with Crippen LogP contribution in [0.25, 0.3) is 0 Å². The predicted octanol–water partition coefficient (Wildman–Crippen LogP) is 3.46. The smallest absolute Gasteiger partial charge is 0.167 e. The molecule has 2 N–H and O–H groups in total. The molecule has 1 fully saturated rings. The number of hydrogen-bond acceptors (Lipinski definition) is 2. The van der Waals surface area contributed by atoms with E-state index in [1.165, 1.54) is 23.3 Å². The summed E-state index contributed by atoms with van der Waals surface area (Å²) in [7, 11) is 0. The highest BCUT2D eigenvalue weighted by Crippen LogP contribution is 2.26. The molecule has 4 heteroatoms. The van der Waals surface area contributed by atoms with Crippen molar-refractivity contribution in [2.45, 2.75) is 24.9 Å². The Morgan fingerprint density at radius 2 is 1.95 bits per heavy atom. The third kappa shape index (κ3) is 3.33. The third-order valence-corrected chi connectivity index (χ3v) is 4.32. The predicted molar refractivity (Wildman–Crippen MR) is 84.5 cm³/mol. The molecule has 0 radical (unpaired) electrons. The van der Waals surface area contributed by atoms with Crippen molar-refractivity contribution in [1.82, 2.24) is 10.6 Å². The molecule has 0 aliphatic heterocycles. The molecule has 3 rings (SSSR count). The molecule has 2 nitrogen and oxygen atoms in total. The lowest BCUT2D eigenvalue weighted by Gasteiger charge is -2.20. The molecule has 1 atom stereocenters. The van der Waals surface area contributed by atoms with Crippen molar-refractivity contribution in [3.05, 3.63) is 58.3 Å². The molecular formula is C15H16N2S2. The summed E-state index contributed by atoms with van der Waals surface area (Å²) in [5, 5.41) is 9.63. The van der Waals surface area contributed by atoms with Gasteiger partial charge in [-0.25, -0.2) is 0 Å². The zero-order valence-electron chi connectivity index (χ0n) is 10.5. The lowest BCUT2D eigenvalue weighted by Crippen LogP contribution is -2.38. The van der Waals surface area contributed by atoms with E-state index in [-0.39, 0.29) is 6.04 Å². The van der Waals surface area contributed by atoms with Gasteiger partial charge in [0.1, 0.15) is 0 Å². The van der Waals surface area contributed by atoms with Crippen molar-refractivity contribution in [3.8, 4) is 0 Å². The molecule has 1 aromatic carbocycles. The maximum absolute atomic E-state index is 5.40. The van der Waals surface area contributed by atoms with Crippen LogP contribution in [0.3, 0.4) is 0 Å². The van der Waals surface area contributed by atoms with E-state index in [0.29, 0.717) is 6.04 Å². The van der Waals surface area contributed by atoms with Gasteiger partial charge in [-0.05, 0) is 42.1 Å². The van der Waals surface area contributed by atoms with Gasteiger partial charge in [-0.3, -0.25) is 0 Å². The van der Waals surface area contributed by atoms with Crippen LogP contribution in [-0.2, 0) is 0 Å². The van der Waals surface area contributed by atoms with Gasteiger partial charge in [-0.2, -0.15) is 0 Å². The Balaban J connectivity index is 1.78. The lowest BCUT2D eigenvalue weighted by molar-refractivity contribution is 0.746. The Kier molecular flexibility index (Phi) is 3.80. The summed E-state index contributed by atoms with van der Waals surface area (Å²) in [6.07, 6.45) is 2.47. The lowest BCUT2D eigenvalue weighted by atomic mass is 10.1. The summed E-state index contributed by atoms with van der Waals surface area (Å²) >= 11 is 7.16. The van der Waals surface area contributed by atoms with Crippen LogP contribution < -0.4 is 10.6 Å². The van der Waals surface area contributed by atoms with Crippen LogP contribution >= 0.6 is 23.6 Å². The normalized spacial score (nSPS) is 15.8.